The highest BCUT2D eigenvalue weighted by molar-refractivity contribution is 5.87. The summed E-state index contributed by atoms with van der Waals surface area (Å²) in [7, 11) is 0. The van der Waals surface area contributed by atoms with Crippen LogP contribution in [-0.2, 0) is 20.9 Å². The van der Waals surface area contributed by atoms with Crippen molar-refractivity contribution in [2.45, 2.75) is 33.8 Å². The Morgan fingerprint density at radius 2 is 1.95 bits per heavy atom. The highest BCUT2D eigenvalue weighted by Crippen LogP contribution is 2.11. The van der Waals surface area contributed by atoms with E-state index in [1.165, 1.54) is 0 Å². The van der Waals surface area contributed by atoms with E-state index < -0.39 is 0 Å². The third-order valence-corrected chi connectivity index (χ3v) is 3.05. The summed E-state index contributed by atoms with van der Waals surface area (Å²) in [5.41, 5.74) is 1.82. The lowest BCUT2D eigenvalue weighted by atomic mass is 10.0. The van der Waals surface area contributed by atoms with Crippen molar-refractivity contribution < 1.29 is 14.3 Å². The molecule has 1 aromatic rings. The molecule has 0 aliphatic carbocycles. The molecule has 3 nitrogen and oxygen atoms in total. The first-order chi connectivity index (χ1) is 9.67. The Morgan fingerprint density at radius 3 is 2.55 bits per heavy atom. The van der Waals surface area contributed by atoms with Gasteiger partial charge in [-0.15, -0.1) is 0 Å². The molecule has 0 spiro atoms. The van der Waals surface area contributed by atoms with E-state index in [2.05, 4.69) is 6.92 Å². The maximum absolute atomic E-state index is 11.6. The van der Waals surface area contributed by atoms with E-state index in [1.54, 1.807) is 6.92 Å². The van der Waals surface area contributed by atoms with Crippen molar-refractivity contribution in [2.24, 2.45) is 5.92 Å². The van der Waals surface area contributed by atoms with Gasteiger partial charge in [0.25, 0.3) is 0 Å². The van der Waals surface area contributed by atoms with Crippen LogP contribution in [-0.4, -0.2) is 19.2 Å². The topological polar surface area (TPSA) is 35.5 Å². The smallest absolute Gasteiger partial charge is 0.333 e. The lowest BCUT2D eigenvalue weighted by Gasteiger charge is -2.12. The standard InChI is InChI=1S/C17H24O3/c1-4-15(11-14(3)17(18)20-5-2)12-19-13-16-9-7-6-8-10-16/h6-11,15H,4-5,12-13H2,1-3H3/b14-11-/t15-/m0/s1. The molecule has 0 saturated carbocycles. The quantitative estimate of drug-likeness (QED) is 0.536. The molecule has 1 aromatic carbocycles. The van der Waals surface area contributed by atoms with Crippen LogP contribution in [0.1, 0.15) is 32.8 Å². The molecular weight excluding hydrogens is 252 g/mol. The molecule has 0 heterocycles. The van der Waals surface area contributed by atoms with Gasteiger partial charge in [-0.25, -0.2) is 4.79 Å². The third kappa shape index (κ3) is 6.02. The van der Waals surface area contributed by atoms with E-state index in [9.17, 15) is 4.79 Å². The summed E-state index contributed by atoms with van der Waals surface area (Å²) in [5.74, 6) is -0.00266. The van der Waals surface area contributed by atoms with Gasteiger partial charge >= 0.3 is 5.97 Å². The van der Waals surface area contributed by atoms with E-state index >= 15 is 0 Å². The van der Waals surface area contributed by atoms with E-state index in [1.807, 2.05) is 43.3 Å². The predicted octanol–water partition coefficient (Wildman–Crippen LogP) is 3.74. The van der Waals surface area contributed by atoms with Crippen molar-refractivity contribution in [3.63, 3.8) is 0 Å². The molecule has 0 N–H and O–H groups in total. The van der Waals surface area contributed by atoms with Crippen molar-refractivity contribution in [3.05, 3.63) is 47.5 Å². The van der Waals surface area contributed by atoms with Crippen LogP contribution < -0.4 is 0 Å². The maximum atomic E-state index is 11.6. The Hall–Kier alpha value is -1.61. The minimum atomic E-state index is -0.242. The summed E-state index contributed by atoms with van der Waals surface area (Å²) in [6, 6.07) is 10.1. The number of ether oxygens (including phenoxy) is 2. The van der Waals surface area contributed by atoms with Crippen LogP contribution in [0.15, 0.2) is 42.0 Å². The molecule has 110 valence electrons. The minimum absolute atomic E-state index is 0.239. The molecule has 0 aromatic heterocycles. The number of hydrogen-bond acceptors (Lipinski definition) is 3. The predicted molar refractivity (Wildman–Crippen MR) is 80.3 cm³/mol. The van der Waals surface area contributed by atoms with Gasteiger partial charge in [0.1, 0.15) is 0 Å². The Bertz CT molecular complexity index is 423. The van der Waals surface area contributed by atoms with Gasteiger partial charge in [0.2, 0.25) is 0 Å². The zero-order valence-electron chi connectivity index (χ0n) is 12.6. The van der Waals surface area contributed by atoms with Crippen LogP contribution in [0.4, 0.5) is 0 Å². The second-order valence-corrected chi connectivity index (χ2v) is 4.74. The Kier molecular flexibility index (Phi) is 7.66. The molecule has 0 aliphatic rings. The second-order valence-electron chi connectivity index (χ2n) is 4.74. The fourth-order valence-corrected chi connectivity index (χ4v) is 1.85. The lowest BCUT2D eigenvalue weighted by molar-refractivity contribution is -0.138. The van der Waals surface area contributed by atoms with Gasteiger partial charge in [-0.3, -0.25) is 0 Å². The fraction of sp³-hybridized carbons (Fsp3) is 0.471. The molecule has 1 rings (SSSR count). The fourth-order valence-electron chi connectivity index (χ4n) is 1.85. The van der Waals surface area contributed by atoms with Crippen LogP contribution >= 0.6 is 0 Å². The number of esters is 1. The molecule has 0 amide bonds. The zero-order chi connectivity index (χ0) is 14.8. The van der Waals surface area contributed by atoms with Gasteiger partial charge in [0.15, 0.2) is 0 Å². The Morgan fingerprint density at radius 1 is 1.25 bits per heavy atom. The monoisotopic (exact) mass is 276 g/mol. The molecule has 0 fully saturated rings. The molecule has 3 heteroatoms. The summed E-state index contributed by atoms with van der Waals surface area (Å²) in [6.45, 7) is 7.31. The Balaban J connectivity index is 2.43. The van der Waals surface area contributed by atoms with Crippen molar-refractivity contribution >= 4 is 5.97 Å². The van der Waals surface area contributed by atoms with E-state index in [4.69, 9.17) is 9.47 Å². The van der Waals surface area contributed by atoms with Crippen molar-refractivity contribution in [1.29, 1.82) is 0 Å². The molecule has 0 saturated heterocycles. The van der Waals surface area contributed by atoms with Crippen LogP contribution in [0.25, 0.3) is 0 Å². The normalized spacial score (nSPS) is 13.1. The van der Waals surface area contributed by atoms with Crippen LogP contribution in [0.3, 0.4) is 0 Å². The molecule has 0 aliphatic heterocycles. The number of carbonyl (C=O) groups excluding carboxylic acids is 1. The average molecular weight is 276 g/mol. The van der Waals surface area contributed by atoms with E-state index in [0.717, 1.165) is 12.0 Å². The number of hydrogen-bond donors (Lipinski definition) is 0. The van der Waals surface area contributed by atoms with E-state index in [-0.39, 0.29) is 11.9 Å². The van der Waals surface area contributed by atoms with Gasteiger partial charge in [-0.05, 0) is 25.8 Å². The Labute approximate surface area is 121 Å². The highest BCUT2D eigenvalue weighted by Gasteiger charge is 2.09. The molecule has 0 bridgehead atoms. The maximum Gasteiger partial charge on any atom is 0.333 e. The largest absolute Gasteiger partial charge is 0.463 e. The SMILES string of the molecule is CCOC(=O)/C(C)=C\[C@H](CC)COCc1ccccc1. The van der Waals surface area contributed by atoms with Gasteiger partial charge in [-0.1, -0.05) is 43.3 Å². The number of rotatable bonds is 8. The summed E-state index contributed by atoms with van der Waals surface area (Å²) in [4.78, 5) is 11.6. The van der Waals surface area contributed by atoms with Crippen LogP contribution in [0, 0.1) is 5.92 Å². The van der Waals surface area contributed by atoms with Gasteiger partial charge < -0.3 is 9.47 Å². The lowest BCUT2D eigenvalue weighted by Crippen LogP contribution is -2.11. The summed E-state index contributed by atoms with van der Waals surface area (Å²) in [5, 5.41) is 0. The molecule has 0 radical (unpaired) electrons. The summed E-state index contributed by atoms with van der Waals surface area (Å²) in [6.07, 6.45) is 2.88. The first-order valence-electron chi connectivity index (χ1n) is 7.14. The van der Waals surface area contributed by atoms with Gasteiger partial charge in [0.05, 0.1) is 19.8 Å². The molecule has 0 unspecified atom stereocenters. The summed E-state index contributed by atoms with van der Waals surface area (Å²) >= 11 is 0. The van der Waals surface area contributed by atoms with Gasteiger partial charge in [-0.2, -0.15) is 0 Å². The van der Waals surface area contributed by atoms with E-state index in [0.29, 0.717) is 25.4 Å². The summed E-state index contributed by atoms with van der Waals surface area (Å²) < 4.78 is 10.7. The molecular formula is C17H24O3. The second kappa shape index (κ2) is 9.32. The van der Waals surface area contributed by atoms with Crippen molar-refractivity contribution in [1.82, 2.24) is 0 Å². The average Bonchev–Trinajstić information content (AvgIpc) is 2.47. The first kappa shape index (κ1) is 16.4. The van der Waals surface area contributed by atoms with Crippen LogP contribution in [0.5, 0.6) is 0 Å². The van der Waals surface area contributed by atoms with Crippen molar-refractivity contribution in [2.75, 3.05) is 13.2 Å². The number of benzene rings is 1. The molecule has 20 heavy (non-hydrogen) atoms. The number of carbonyl (C=O) groups is 1. The third-order valence-electron chi connectivity index (χ3n) is 3.05. The molecule has 1 atom stereocenters. The first-order valence-corrected chi connectivity index (χ1v) is 7.14. The minimum Gasteiger partial charge on any atom is -0.463 e. The van der Waals surface area contributed by atoms with Crippen LogP contribution in [0.2, 0.25) is 0 Å². The zero-order valence-corrected chi connectivity index (χ0v) is 12.6. The van der Waals surface area contributed by atoms with Gasteiger partial charge in [0, 0.05) is 11.5 Å². The van der Waals surface area contributed by atoms with Crippen molar-refractivity contribution in [3.8, 4) is 0 Å². The highest BCUT2D eigenvalue weighted by atomic mass is 16.5.